The van der Waals surface area contributed by atoms with Crippen LogP contribution in [0.5, 0.6) is 5.88 Å². The van der Waals surface area contributed by atoms with Gasteiger partial charge in [0, 0.05) is 37.2 Å². The summed E-state index contributed by atoms with van der Waals surface area (Å²) in [4.78, 5) is 11.4. The van der Waals surface area contributed by atoms with E-state index in [1.807, 2.05) is 25.3 Å². The van der Waals surface area contributed by atoms with Crippen molar-refractivity contribution in [2.75, 3.05) is 7.11 Å². The van der Waals surface area contributed by atoms with Crippen LogP contribution in [0.2, 0.25) is 0 Å². The Morgan fingerprint density at radius 2 is 2.24 bits per heavy atom. The van der Waals surface area contributed by atoms with Gasteiger partial charge in [0.05, 0.1) is 7.11 Å². The fraction of sp³-hybridized carbons (Fsp3) is 0.333. The predicted molar refractivity (Wildman–Crippen MR) is 64.7 cm³/mol. The van der Waals surface area contributed by atoms with Crippen LogP contribution in [0.1, 0.15) is 17.1 Å². The maximum Gasteiger partial charge on any atom is 0.213 e. The first kappa shape index (κ1) is 11.6. The molecule has 0 atom stereocenters. The summed E-state index contributed by atoms with van der Waals surface area (Å²) in [5.41, 5.74) is 2.23. The molecule has 0 aliphatic carbocycles. The molecule has 0 aliphatic heterocycles. The fourth-order valence-corrected chi connectivity index (χ4v) is 1.58. The number of rotatable bonds is 5. The number of aryl methyl sites for hydroxylation is 1. The molecule has 0 spiro atoms. The van der Waals surface area contributed by atoms with Crippen molar-refractivity contribution in [3.63, 3.8) is 0 Å². The van der Waals surface area contributed by atoms with Gasteiger partial charge in [0.25, 0.3) is 0 Å². The zero-order valence-electron chi connectivity index (χ0n) is 10.0. The number of nitrogens with one attached hydrogen (secondary N) is 2. The van der Waals surface area contributed by atoms with Gasteiger partial charge in [0.15, 0.2) is 0 Å². The van der Waals surface area contributed by atoms with E-state index >= 15 is 0 Å². The van der Waals surface area contributed by atoms with Gasteiger partial charge in [-0.2, -0.15) is 0 Å². The lowest BCUT2D eigenvalue weighted by Crippen LogP contribution is -2.13. The third-order valence-electron chi connectivity index (χ3n) is 2.41. The number of hydrogen-bond acceptors (Lipinski definition) is 4. The minimum Gasteiger partial charge on any atom is -0.481 e. The average Bonchev–Trinajstić information content (AvgIpc) is 2.75. The van der Waals surface area contributed by atoms with E-state index in [0.717, 1.165) is 30.2 Å². The molecule has 0 aliphatic rings. The molecule has 0 unspecified atom stereocenters. The normalized spacial score (nSPS) is 10.5. The lowest BCUT2D eigenvalue weighted by molar-refractivity contribution is 0.397. The molecule has 0 amide bonds. The predicted octanol–water partition coefficient (Wildman–Crippen LogP) is 1.41. The molecule has 0 radical (unpaired) electrons. The molecule has 0 aromatic carbocycles. The van der Waals surface area contributed by atoms with Crippen molar-refractivity contribution in [1.82, 2.24) is 20.3 Å². The van der Waals surface area contributed by atoms with Crippen LogP contribution in [-0.4, -0.2) is 22.1 Å². The number of hydrogen-bond donors (Lipinski definition) is 2. The second-order valence-electron chi connectivity index (χ2n) is 3.80. The quantitative estimate of drug-likeness (QED) is 0.818. The fourth-order valence-electron chi connectivity index (χ4n) is 1.58. The van der Waals surface area contributed by atoms with E-state index in [-0.39, 0.29) is 0 Å². The van der Waals surface area contributed by atoms with Crippen LogP contribution in [0.4, 0.5) is 0 Å². The molecular weight excluding hydrogens is 216 g/mol. The molecule has 5 nitrogen and oxygen atoms in total. The Morgan fingerprint density at radius 3 is 2.94 bits per heavy atom. The van der Waals surface area contributed by atoms with Crippen molar-refractivity contribution >= 4 is 0 Å². The van der Waals surface area contributed by atoms with Gasteiger partial charge in [0.2, 0.25) is 5.88 Å². The Morgan fingerprint density at radius 1 is 1.35 bits per heavy atom. The molecule has 2 aromatic heterocycles. The van der Waals surface area contributed by atoms with Gasteiger partial charge < -0.3 is 15.0 Å². The second-order valence-corrected chi connectivity index (χ2v) is 3.80. The number of nitrogens with zero attached hydrogens (tertiary/aromatic N) is 2. The number of aromatic nitrogens is 3. The summed E-state index contributed by atoms with van der Waals surface area (Å²) in [5, 5.41) is 3.33. The molecule has 2 N–H and O–H groups in total. The van der Waals surface area contributed by atoms with Crippen LogP contribution in [0.25, 0.3) is 0 Å². The number of methoxy groups -OCH3 is 1. The van der Waals surface area contributed by atoms with E-state index in [4.69, 9.17) is 4.74 Å². The van der Waals surface area contributed by atoms with E-state index in [1.54, 1.807) is 13.3 Å². The highest BCUT2D eigenvalue weighted by Gasteiger charge is 1.98. The van der Waals surface area contributed by atoms with Crippen LogP contribution in [0.15, 0.2) is 24.5 Å². The zero-order chi connectivity index (χ0) is 12.1. The lowest BCUT2D eigenvalue weighted by Gasteiger charge is -2.04. The summed E-state index contributed by atoms with van der Waals surface area (Å²) in [6, 6.07) is 3.89. The SMILES string of the molecule is COc1cc(CNCc2cnc(C)[nH]2)ccn1. The van der Waals surface area contributed by atoms with Gasteiger partial charge in [0.1, 0.15) is 5.82 Å². The number of ether oxygens (including phenoxy) is 1. The number of imidazole rings is 1. The van der Waals surface area contributed by atoms with Crippen LogP contribution in [0, 0.1) is 6.92 Å². The lowest BCUT2D eigenvalue weighted by atomic mass is 10.2. The second kappa shape index (κ2) is 5.45. The Labute approximate surface area is 100 Å². The molecule has 0 bridgehead atoms. The first-order valence-electron chi connectivity index (χ1n) is 5.48. The van der Waals surface area contributed by atoms with Gasteiger partial charge in [-0.05, 0) is 18.6 Å². The third-order valence-corrected chi connectivity index (χ3v) is 2.41. The molecular formula is C12H16N4O. The molecule has 2 heterocycles. The summed E-state index contributed by atoms with van der Waals surface area (Å²) < 4.78 is 5.07. The van der Waals surface area contributed by atoms with Crippen molar-refractivity contribution in [1.29, 1.82) is 0 Å². The highest BCUT2D eigenvalue weighted by molar-refractivity contribution is 5.20. The average molecular weight is 232 g/mol. The van der Waals surface area contributed by atoms with Crippen molar-refractivity contribution in [2.45, 2.75) is 20.0 Å². The summed E-state index contributed by atoms with van der Waals surface area (Å²) in [7, 11) is 1.62. The van der Waals surface area contributed by atoms with Crippen LogP contribution in [0.3, 0.4) is 0 Å². The largest absolute Gasteiger partial charge is 0.481 e. The van der Waals surface area contributed by atoms with E-state index in [1.165, 1.54) is 0 Å². The molecule has 17 heavy (non-hydrogen) atoms. The Balaban J connectivity index is 1.85. The Hall–Kier alpha value is -1.88. The monoisotopic (exact) mass is 232 g/mol. The van der Waals surface area contributed by atoms with E-state index in [9.17, 15) is 0 Å². The summed E-state index contributed by atoms with van der Waals surface area (Å²) >= 11 is 0. The zero-order valence-corrected chi connectivity index (χ0v) is 10.0. The van der Waals surface area contributed by atoms with Crippen molar-refractivity contribution < 1.29 is 4.74 Å². The van der Waals surface area contributed by atoms with Crippen LogP contribution < -0.4 is 10.1 Å². The smallest absolute Gasteiger partial charge is 0.213 e. The first-order chi connectivity index (χ1) is 8.28. The topological polar surface area (TPSA) is 62.8 Å². The number of pyridine rings is 1. The van der Waals surface area contributed by atoms with Gasteiger partial charge in [-0.25, -0.2) is 9.97 Å². The highest BCUT2D eigenvalue weighted by Crippen LogP contribution is 2.08. The molecule has 0 fully saturated rings. The number of aromatic amines is 1. The minimum atomic E-state index is 0.640. The van der Waals surface area contributed by atoms with Gasteiger partial charge in [-0.1, -0.05) is 0 Å². The summed E-state index contributed by atoms with van der Waals surface area (Å²) in [5.74, 6) is 1.58. The molecule has 0 saturated heterocycles. The maximum atomic E-state index is 5.07. The van der Waals surface area contributed by atoms with Crippen LogP contribution >= 0.6 is 0 Å². The molecule has 0 saturated carbocycles. The highest BCUT2D eigenvalue weighted by atomic mass is 16.5. The minimum absolute atomic E-state index is 0.640. The molecule has 2 rings (SSSR count). The van der Waals surface area contributed by atoms with Gasteiger partial charge in [-0.15, -0.1) is 0 Å². The van der Waals surface area contributed by atoms with Gasteiger partial charge >= 0.3 is 0 Å². The van der Waals surface area contributed by atoms with E-state index < -0.39 is 0 Å². The van der Waals surface area contributed by atoms with Gasteiger partial charge in [-0.3, -0.25) is 0 Å². The van der Waals surface area contributed by atoms with Crippen molar-refractivity contribution in [3.8, 4) is 5.88 Å². The van der Waals surface area contributed by atoms with Crippen molar-refractivity contribution in [3.05, 3.63) is 41.6 Å². The Kier molecular flexibility index (Phi) is 3.72. The van der Waals surface area contributed by atoms with E-state index in [0.29, 0.717) is 5.88 Å². The number of H-pyrrole nitrogens is 1. The van der Waals surface area contributed by atoms with Crippen LogP contribution in [-0.2, 0) is 13.1 Å². The summed E-state index contributed by atoms with van der Waals surface area (Å²) in [6.07, 6.45) is 3.59. The standard InChI is InChI=1S/C12H16N4O/c1-9-15-8-11(16-9)7-13-6-10-3-4-14-12(5-10)17-2/h3-5,8,13H,6-7H2,1-2H3,(H,15,16). The van der Waals surface area contributed by atoms with Crippen molar-refractivity contribution in [2.24, 2.45) is 0 Å². The maximum absolute atomic E-state index is 5.07. The molecule has 2 aromatic rings. The molecule has 5 heteroatoms. The first-order valence-corrected chi connectivity index (χ1v) is 5.48. The third kappa shape index (κ3) is 3.29. The van der Waals surface area contributed by atoms with E-state index in [2.05, 4.69) is 20.3 Å². The Bertz CT molecular complexity index is 481. The summed E-state index contributed by atoms with van der Waals surface area (Å²) in [6.45, 7) is 3.49. The molecule has 90 valence electrons.